The van der Waals surface area contributed by atoms with Gasteiger partial charge in [0.25, 0.3) is 0 Å². The van der Waals surface area contributed by atoms with Gasteiger partial charge >= 0.3 is 13.8 Å². The minimum atomic E-state index is -4.28. The average molecular weight is 849 g/mol. The van der Waals surface area contributed by atoms with Crippen LogP contribution < -0.4 is 0 Å². The maximum atomic E-state index is 12.7. The number of likely N-dealkylation sites (N-methyl/N-ethyl adjacent to an activating group) is 1. The highest BCUT2D eigenvalue weighted by molar-refractivity contribution is 7.47. The Morgan fingerprint density at radius 3 is 1.49 bits per heavy atom. The molecule has 0 heterocycles. The fourth-order valence-electron chi connectivity index (χ4n) is 6.09. The molecule has 2 unspecified atom stereocenters. The molecule has 0 rings (SSSR count). The highest BCUT2D eigenvalue weighted by Gasteiger charge is 2.26. The van der Waals surface area contributed by atoms with Crippen LogP contribution in [-0.4, -0.2) is 75.6 Å². The van der Waals surface area contributed by atoms with Crippen LogP contribution in [0.15, 0.2) is 72.9 Å². The van der Waals surface area contributed by atoms with Crippen molar-refractivity contribution in [2.45, 2.75) is 187 Å². The number of ether oxygens (including phenoxy) is 2. The summed E-state index contributed by atoms with van der Waals surface area (Å²) >= 11 is 0. The third-order valence-corrected chi connectivity index (χ3v) is 10.7. The Labute approximate surface area is 363 Å². The molecule has 59 heavy (non-hydrogen) atoms. The van der Waals surface area contributed by atoms with E-state index in [0.717, 1.165) is 77.0 Å². The molecule has 0 saturated carbocycles. The Hall–Kier alpha value is -2.06. The van der Waals surface area contributed by atoms with Crippen molar-refractivity contribution in [3.05, 3.63) is 72.9 Å². The lowest BCUT2D eigenvalue weighted by Gasteiger charge is -2.24. The van der Waals surface area contributed by atoms with Crippen LogP contribution in [0.1, 0.15) is 181 Å². The van der Waals surface area contributed by atoms with Gasteiger partial charge in [0.2, 0.25) is 0 Å². The molecule has 0 saturated heterocycles. The molecule has 0 aliphatic carbocycles. The van der Waals surface area contributed by atoms with Gasteiger partial charge in [-0.25, -0.2) is 4.57 Å². The molecule has 0 radical (unpaired) electrons. The third-order valence-electron chi connectivity index (χ3n) is 9.75. The maximum Gasteiger partial charge on any atom is 0.472 e. The van der Waals surface area contributed by atoms with Crippen LogP contribution in [-0.2, 0) is 27.9 Å². The molecule has 2 atom stereocenters. The second-order valence-corrected chi connectivity index (χ2v) is 18.2. The third kappa shape index (κ3) is 46.9. The van der Waals surface area contributed by atoms with Crippen molar-refractivity contribution in [1.29, 1.82) is 0 Å². The summed E-state index contributed by atoms with van der Waals surface area (Å²) in [7, 11) is 1.65. The summed E-state index contributed by atoms with van der Waals surface area (Å²) < 4.78 is 35.0. The monoisotopic (exact) mass is 849 g/mol. The number of carbonyl (C=O) groups is 1. The molecule has 1 N–H and O–H groups in total. The molecule has 0 spiro atoms. The van der Waals surface area contributed by atoms with Gasteiger partial charge in [-0.1, -0.05) is 170 Å². The number of phosphoric ester groups is 1. The van der Waals surface area contributed by atoms with Crippen molar-refractivity contribution in [2.24, 2.45) is 0 Å². The number of nitrogens with zero attached hydrogens (tertiary/aromatic N) is 1. The van der Waals surface area contributed by atoms with Crippen molar-refractivity contribution in [2.75, 3.05) is 54.1 Å². The van der Waals surface area contributed by atoms with Gasteiger partial charge in [-0.15, -0.1) is 0 Å². The number of phosphoric acid groups is 1. The molecule has 342 valence electrons. The molecule has 0 bridgehead atoms. The van der Waals surface area contributed by atoms with E-state index in [4.69, 9.17) is 18.5 Å². The quantitative estimate of drug-likeness (QED) is 0.0215. The zero-order chi connectivity index (χ0) is 43.4. The van der Waals surface area contributed by atoms with Crippen molar-refractivity contribution in [3.63, 3.8) is 0 Å². The first kappa shape index (κ1) is 56.9. The van der Waals surface area contributed by atoms with E-state index in [0.29, 0.717) is 24.1 Å². The summed E-state index contributed by atoms with van der Waals surface area (Å²) in [5.74, 6) is -0.329. The van der Waals surface area contributed by atoms with E-state index in [1.165, 1.54) is 83.5 Å². The van der Waals surface area contributed by atoms with Crippen LogP contribution in [0.3, 0.4) is 0 Å². The van der Waals surface area contributed by atoms with Crippen molar-refractivity contribution in [3.8, 4) is 0 Å². The van der Waals surface area contributed by atoms with E-state index in [2.05, 4.69) is 86.8 Å². The number of hydrogen-bond donors (Lipinski definition) is 1. The fourth-order valence-corrected chi connectivity index (χ4v) is 6.83. The highest BCUT2D eigenvalue weighted by Crippen LogP contribution is 2.43. The molecule has 0 aromatic heterocycles. The number of allylic oxidation sites excluding steroid dienone is 12. The largest absolute Gasteiger partial charge is 0.472 e. The van der Waals surface area contributed by atoms with Gasteiger partial charge in [0, 0.05) is 13.0 Å². The van der Waals surface area contributed by atoms with Gasteiger partial charge in [-0.2, -0.15) is 0 Å². The lowest BCUT2D eigenvalue weighted by atomic mass is 10.1. The Morgan fingerprint density at radius 1 is 0.542 bits per heavy atom. The maximum absolute atomic E-state index is 12.7. The zero-order valence-electron chi connectivity index (χ0n) is 38.7. The molecule has 9 heteroatoms. The van der Waals surface area contributed by atoms with Gasteiger partial charge in [0.05, 0.1) is 34.4 Å². The standard InChI is InChI=1S/C50H90NO7P/c1-6-8-10-12-14-16-18-19-20-21-22-23-24-25-26-27-28-29-30-31-32-34-36-38-40-42-45-55-47-49(48-57-59(53,54)56-46-44-51(3,4)5)58-50(52)43-41-39-37-35-33-17-15-13-11-9-7-2/h8,10,13-16,19-20,22-23,25-26,49H,6-7,9,11-12,17-18,21,24,27-48H2,1-5H3/p+1/b10-8-,15-13-,16-14-,20-19-,23-22-,26-25-. The smallest absolute Gasteiger partial charge is 0.457 e. The van der Waals surface area contributed by atoms with Crippen molar-refractivity contribution >= 4 is 13.8 Å². The molecule has 8 nitrogen and oxygen atoms in total. The number of hydrogen-bond acceptors (Lipinski definition) is 6. The van der Waals surface area contributed by atoms with Crippen LogP contribution in [0.25, 0.3) is 0 Å². The van der Waals surface area contributed by atoms with E-state index < -0.39 is 13.9 Å². The predicted octanol–water partition coefficient (Wildman–Crippen LogP) is 14.3. The topological polar surface area (TPSA) is 91.3 Å². The molecule has 0 amide bonds. The number of carbonyl (C=O) groups excluding carboxylic acids is 1. The normalized spacial score (nSPS) is 14.3. The minimum Gasteiger partial charge on any atom is -0.457 e. The summed E-state index contributed by atoms with van der Waals surface area (Å²) in [5.41, 5.74) is 0. The Bertz CT molecular complexity index is 1170. The van der Waals surface area contributed by atoms with E-state index >= 15 is 0 Å². The zero-order valence-corrected chi connectivity index (χ0v) is 39.6. The predicted molar refractivity (Wildman–Crippen MR) is 252 cm³/mol. The molecule has 0 aliphatic heterocycles. The van der Waals surface area contributed by atoms with Gasteiger partial charge < -0.3 is 18.9 Å². The Kier molecular flexibility index (Phi) is 41.1. The lowest BCUT2D eigenvalue weighted by Crippen LogP contribution is -2.37. The first-order chi connectivity index (χ1) is 28.6. The Balaban J connectivity index is 4.10. The summed E-state index contributed by atoms with van der Waals surface area (Å²) in [5, 5.41) is 0. The van der Waals surface area contributed by atoms with Gasteiger partial charge in [0.1, 0.15) is 19.3 Å². The number of rotatable bonds is 43. The van der Waals surface area contributed by atoms with Crippen molar-refractivity contribution in [1.82, 2.24) is 0 Å². The number of quaternary nitrogens is 1. The Morgan fingerprint density at radius 2 is 0.983 bits per heavy atom. The van der Waals surface area contributed by atoms with Crippen LogP contribution in [0, 0.1) is 0 Å². The van der Waals surface area contributed by atoms with Crippen molar-refractivity contribution < 1.29 is 37.3 Å². The number of unbranched alkanes of at least 4 members (excludes halogenated alkanes) is 17. The SMILES string of the molecule is CC/C=C\C/C=C\C/C=C\C/C=C\C/C=C\CCCCCCCCCCCCOCC(COP(=O)(O)OCC[N+](C)(C)C)OC(=O)CCCCCCC/C=C\CCCC. The van der Waals surface area contributed by atoms with Crippen LogP contribution >= 0.6 is 7.82 Å². The van der Waals surface area contributed by atoms with Gasteiger partial charge in [-0.3, -0.25) is 13.8 Å². The number of esters is 1. The van der Waals surface area contributed by atoms with E-state index in [1.54, 1.807) is 0 Å². The van der Waals surface area contributed by atoms with Gasteiger partial charge in [-0.05, 0) is 77.0 Å². The second kappa shape index (κ2) is 42.6. The van der Waals surface area contributed by atoms with E-state index in [1.807, 2.05) is 21.1 Å². The summed E-state index contributed by atoms with van der Waals surface area (Å²) in [4.78, 5) is 22.9. The molecule has 0 aromatic rings. The minimum absolute atomic E-state index is 0.0831. The van der Waals surface area contributed by atoms with Crippen LogP contribution in [0.5, 0.6) is 0 Å². The van der Waals surface area contributed by atoms with E-state index in [9.17, 15) is 14.3 Å². The summed E-state index contributed by atoms with van der Waals surface area (Å²) in [6, 6.07) is 0. The highest BCUT2D eigenvalue weighted by atomic mass is 31.2. The fraction of sp³-hybridized carbons (Fsp3) is 0.740. The summed E-state index contributed by atoms with van der Waals surface area (Å²) in [6.07, 6.45) is 55.2. The molecule has 0 fully saturated rings. The molecule has 0 aromatic carbocycles. The van der Waals surface area contributed by atoms with E-state index in [-0.39, 0.29) is 25.8 Å². The molecular weight excluding hydrogens is 758 g/mol. The second-order valence-electron chi connectivity index (χ2n) is 16.8. The first-order valence-corrected chi connectivity index (χ1v) is 25.2. The summed E-state index contributed by atoms with van der Waals surface area (Å²) in [6.45, 7) is 5.44. The van der Waals surface area contributed by atoms with Crippen LogP contribution in [0.4, 0.5) is 0 Å². The van der Waals surface area contributed by atoms with Crippen LogP contribution in [0.2, 0.25) is 0 Å². The molecular formula is C50H91NO7P+. The van der Waals surface area contributed by atoms with Gasteiger partial charge in [0.15, 0.2) is 0 Å². The molecule has 0 aliphatic rings. The first-order valence-electron chi connectivity index (χ1n) is 23.7. The lowest BCUT2D eigenvalue weighted by molar-refractivity contribution is -0.870. The average Bonchev–Trinajstić information content (AvgIpc) is 3.19.